The summed E-state index contributed by atoms with van der Waals surface area (Å²) < 4.78 is 0. The molecule has 1 amide bonds. The number of H-pyrrole nitrogens is 2. The first-order valence-electron chi connectivity index (χ1n) is 12.7. The number of aromatic amines is 2. The molecule has 6 rings (SSSR count). The predicted octanol–water partition coefficient (Wildman–Crippen LogP) is 4.66. The van der Waals surface area contributed by atoms with Gasteiger partial charge in [-0.1, -0.05) is 13.0 Å². The molecule has 1 aromatic carbocycles. The number of likely N-dealkylation sites (N-methyl/N-ethyl adjacent to an activating group) is 1. The number of fused-ring (bicyclic) bond motifs is 2. The number of carbonyl (C=O) groups excluding carboxylic acids is 1. The van der Waals surface area contributed by atoms with Gasteiger partial charge in [0, 0.05) is 78.1 Å². The number of nitrogens with one attached hydrogen (secondary N) is 3. The normalized spacial score (nSPS) is 14.5. The summed E-state index contributed by atoms with van der Waals surface area (Å²) in [5.74, 6) is -0.0121. The number of pyridine rings is 2. The van der Waals surface area contributed by atoms with Crippen molar-refractivity contribution in [1.29, 1.82) is 0 Å². The summed E-state index contributed by atoms with van der Waals surface area (Å²) in [5, 5.41) is 12.7. The van der Waals surface area contributed by atoms with Crippen molar-refractivity contribution >= 4 is 39.2 Å². The Labute approximate surface area is 214 Å². The maximum absolute atomic E-state index is 12.0. The summed E-state index contributed by atoms with van der Waals surface area (Å²) in [5.41, 5.74) is 7.32. The Kier molecular flexibility index (Phi) is 6.05. The number of hydrogen-bond donors (Lipinski definition) is 3. The van der Waals surface area contributed by atoms with Gasteiger partial charge in [0.25, 0.3) is 0 Å². The lowest BCUT2D eigenvalue weighted by Gasteiger charge is -2.34. The van der Waals surface area contributed by atoms with Crippen molar-refractivity contribution in [1.82, 2.24) is 30.0 Å². The zero-order valence-corrected chi connectivity index (χ0v) is 21.1. The SMILES string of the molecule is CCCC(=O)Nc1cncc(-c2cnc3n[nH]c(-c4cc5c(N6CCN(C)CC6)cccc5[nH]4)c3c2)c1. The maximum Gasteiger partial charge on any atom is 0.224 e. The number of piperazine rings is 1. The number of benzene rings is 1. The van der Waals surface area contributed by atoms with Crippen molar-refractivity contribution in [3.63, 3.8) is 0 Å². The number of amides is 1. The third kappa shape index (κ3) is 4.53. The molecule has 0 bridgehead atoms. The van der Waals surface area contributed by atoms with Crippen LogP contribution in [-0.2, 0) is 4.79 Å². The minimum Gasteiger partial charge on any atom is -0.368 e. The first kappa shape index (κ1) is 23.2. The van der Waals surface area contributed by atoms with Gasteiger partial charge >= 0.3 is 0 Å². The number of anilines is 2. The standard InChI is InChI=1S/C28H30N8O/c1-3-5-26(37)31-20-12-18(15-29-17-20)19-13-22-27(33-34-28(22)30-16-19)24-14-21-23(32-24)6-4-7-25(21)36-10-8-35(2)9-11-36/h4,6-7,12-17,32H,3,5,8-11H2,1-2H3,(H,31,37)(H,30,33,34). The summed E-state index contributed by atoms with van der Waals surface area (Å²) >= 11 is 0. The van der Waals surface area contributed by atoms with E-state index in [9.17, 15) is 4.79 Å². The van der Waals surface area contributed by atoms with Gasteiger partial charge in [0.1, 0.15) is 0 Å². The Bertz CT molecular complexity index is 1580. The van der Waals surface area contributed by atoms with E-state index in [2.05, 4.69) is 77.6 Å². The van der Waals surface area contributed by atoms with Crippen molar-refractivity contribution in [3.05, 3.63) is 55.0 Å². The molecule has 5 heterocycles. The Morgan fingerprint density at radius 2 is 1.86 bits per heavy atom. The monoisotopic (exact) mass is 494 g/mol. The fraction of sp³-hybridized carbons (Fsp3) is 0.286. The van der Waals surface area contributed by atoms with E-state index in [-0.39, 0.29) is 5.91 Å². The summed E-state index contributed by atoms with van der Waals surface area (Å²) in [6.45, 7) is 6.14. The average Bonchev–Trinajstić information content (AvgIpc) is 3.53. The third-order valence-corrected chi connectivity index (χ3v) is 7.00. The molecular weight excluding hydrogens is 464 g/mol. The topological polar surface area (TPSA) is 106 Å². The van der Waals surface area contributed by atoms with Crippen LogP contribution in [0.5, 0.6) is 0 Å². The lowest BCUT2D eigenvalue weighted by molar-refractivity contribution is -0.116. The van der Waals surface area contributed by atoms with Crippen LogP contribution in [0.2, 0.25) is 0 Å². The quantitative estimate of drug-likeness (QED) is 0.317. The molecule has 3 N–H and O–H groups in total. The van der Waals surface area contributed by atoms with Crippen molar-refractivity contribution < 1.29 is 4.79 Å². The van der Waals surface area contributed by atoms with Crippen molar-refractivity contribution in [3.8, 4) is 22.5 Å². The Balaban J connectivity index is 1.35. The smallest absolute Gasteiger partial charge is 0.224 e. The second-order valence-electron chi connectivity index (χ2n) is 9.67. The molecule has 9 nitrogen and oxygen atoms in total. The van der Waals surface area contributed by atoms with Gasteiger partial charge in [-0.3, -0.25) is 14.9 Å². The second kappa shape index (κ2) is 9.67. The fourth-order valence-corrected chi connectivity index (χ4v) is 4.98. The van der Waals surface area contributed by atoms with Crippen LogP contribution in [-0.4, -0.2) is 69.2 Å². The second-order valence-corrected chi connectivity index (χ2v) is 9.67. The molecule has 5 aromatic rings. The van der Waals surface area contributed by atoms with E-state index in [1.807, 2.05) is 13.0 Å². The number of carbonyl (C=O) groups is 1. The Hall–Kier alpha value is -4.24. The molecule has 37 heavy (non-hydrogen) atoms. The van der Waals surface area contributed by atoms with E-state index < -0.39 is 0 Å². The molecule has 4 aromatic heterocycles. The molecular formula is C28H30N8O. The molecule has 1 fully saturated rings. The fourth-order valence-electron chi connectivity index (χ4n) is 4.98. The summed E-state index contributed by atoms with van der Waals surface area (Å²) in [6.07, 6.45) is 6.51. The van der Waals surface area contributed by atoms with Crippen LogP contribution in [0.25, 0.3) is 44.5 Å². The van der Waals surface area contributed by atoms with Crippen LogP contribution in [0.4, 0.5) is 11.4 Å². The van der Waals surface area contributed by atoms with Gasteiger partial charge in [0.2, 0.25) is 5.91 Å². The number of rotatable bonds is 6. The van der Waals surface area contributed by atoms with Crippen molar-refractivity contribution in [2.45, 2.75) is 19.8 Å². The lowest BCUT2D eigenvalue weighted by Crippen LogP contribution is -2.44. The van der Waals surface area contributed by atoms with Crippen LogP contribution < -0.4 is 10.2 Å². The van der Waals surface area contributed by atoms with E-state index in [0.29, 0.717) is 17.8 Å². The zero-order chi connectivity index (χ0) is 25.4. The largest absolute Gasteiger partial charge is 0.368 e. The molecule has 0 unspecified atom stereocenters. The van der Waals surface area contributed by atoms with Gasteiger partial charge in [-0.05, 0) is 43.8 Å². The van der Waals surface area contributed by atoms with Gasteiger partial charge in [0.15, 0.2) is 5.65 Å². The highest BCUT2D eigenvalue weighted by Gasteiger charge is 2.19. The molecule has 0 spiro atoms. The van der Waals surface area contributed by atoms with Crippen LogP contribution in [0.15, 0.2) is 55.0 Å². The van der Waals surface area contributed by atoms with E-state index in [1.54, 1.807) is 18.6 Å². The van der Waals surface area contributed by atoms with Gasteiger partial charge < -0.3 is 20.1 Å². The van der Waals surface area contributed by atoms with Gasteiger partial charge in [-0.2, -0.15) is 5.10 Å². The highest BCUT2D eigenvalue weighted by Crippen LogP contribution is 2.34. The molecule has 1 aliphatic rings. The van der Waals surface area contributed by atoms with Crippen LogP contribution in [0, 0.1) is 0 Å². The minimum atomic E-state index is -0.0121. The minimum absolute atomic E-state index is 0.0121. The molecule has 188 valence electrons. The van der Waals surface area contributed by atoms with Gasteiger partial charge in [0.05, 0.1) is 23.3 Å². The summed E-state index contributed by atoms with van der Waals surface area (Å²) in [6, 6.07) is 12.6. The van der Waals surface area contributed by atoms with Gasteiger partial charge in [-0.25, -0.2) is 4.98 Å². The zero-order valence-electron chi connectivity index (χ0n) is 21.1. The summed E-state index contributed by atoms with van der Waals surface area (Å²) in [7, 11) is 2.17. The van der Waals surface area contributed by atoms with Crippen LogP contribution in [0.1, 0.15) is 19.8 Å². The molecule has 0 radical (unpaired) electrons. The summed E-state index contributed by atoms with van der Waals surface area (Å²) in [4.78, 5) is 29.4. The average molecular weight is 495 g/mol. The Morgan fingerprint density at radius 1 is 1.03 bits per heavy atom. The molecule has 9 heteroatoms. The maximum atomic E-state index is 12.0. The van der Waals surface area contributed by atoms with Crippen molar-refractivity contribution in [2.75, 3.05) is 43.4 Å². The first-order valence-corrected chi connectivity index (χ1v) is 12.7. The van der Waals surface area contributed by atoms with Crippen LogP contribution in [0.3, 0.4) is 0 Å². The number of nitrogens with zero attached hydrogens (tertiary/aromatic N) is 5. The van der Waals surface area contributed by atoms with Crippen LogP contribution >= 0.6 is 0 Å². The lowest BCUT2D eigenvalue weighted by atomic mass is 10.1. The van der Waals surface area contributed by atoms with Gasteiger partial charge in [-0.15, -0.1) is 0 Å². The number of hydrogen-bond acceptors (Lipinski definition) is 6. The molecule has 0 atom stereocenters. The van der Waals surface area contributed by atoms with E-state index >= 15 is 0 Å². The number of aromatic nitrogens is 5. The van der Waals surface area contributed by atoms with Crippen molar-refractivity contribution in [2.24, 2.45) is 0 Å². The highest BCUT2D eigenvalue weighted by molar-refractivity contribution is 6.00. The van der Waals surface area contributed by atoms with E-state index in [0.717, 1.165) is 66.0 Å². The highest BCUT2D eigenvalue weighted by atomic mass is 16.1. The molecule has 1 aliphatic heterocycles. The Morgan fingerprint density at radius 3 is 2.70 bits per heavy atom. The van der Waals surface area contributed by atoms with E-state index in [4.69, 9.17) is 0 Å². The molecule has 0 aliphatic carbocycles. The molecule has 1 saturated heterocycles. The predicted molar refractivity (Wildman–Crippen MR) is 148 cm³/mol. The third-order valence-electron chi connectivity index (χ3n) is 7.00. The molecule has 0 saturated carbocycles. The van der Waals surface area contributed by atoms with E-state index in [1.165, 1.54) is 11.1 Å². The first-order chi connectivity index (χ1) is 18.1.